The highest BCUT2D eigenvalue weighted by Gasteiger charge is 2.02. The van der Waals surface area contributed by atoms with E-state index in [4.69, 9.17) is 10.5 Å². The van der Waals surface area contributed by atoms with Gasteiger partial charge in [-0.2, -0.15) is 0 Å². The van der Waals surface area contributed by atoms with E-state index in [0.29, 0.717) is 12.4 Å². The first-order valence-electron chi connectivity index (χ1n) is 4.58. The van der Waals surface area contributed by atoms with Crippen LogP contribution in [0.3, 0.4) is 0 Å². The van der Waals surface area contributed by atoms with E-state index < -0.39 is 0 Å². The van der Waals surface area contributed by atoms with Crippen LogP contribution >= 0.6 is 0 Å². The Balaban J connectivity index is 2.28. The summed E-state index contributed by atoms with van der Waals surface area (Å²) < 4.78 is 4.97. The van der Waals surface area contributed by atoms with Crippen LogP contribution in [-0.2, 0) is 6.54 Å². The minimum absolute atomic E-state index is 0.406. The molecule has 0 amide bonds. The second kappa shape index (κ2) is 4.10. The van der Waals surface area contributed by atoms with Gasteiger partial charge in [0.2, 0.25) is 5.88 Å². The third kappa shape index (κ3) is 1.97. The number of pyridine rings is 1. The first-order valence-corrected chi connectivity index (χ1v) is 4.58. The molecule has 0 aliphatic rings. The summed E-state index contributed by atoms with van der Waals surface area (Å²) in [6.45, 7) is 0.406. The van der Waals surface area contributed by atoms with Gasteiger partial charge >= 0.3 is 0 Å². The van der Waals surface area contributed by atoms with Crippen LogP contribution in [0.5, 0.6) is 5.88 Å². The Kier molecular flexibility index (Phi) is 2.64. The van der Waals surface area contributed by atoms with E-state index in [1.807, 2.05) is 6.07 Å². The topological polar surface area (TPSA) is 76.8 Å². The number of ether oxygens (including phenoxy) is 1. The maximum absolute atomic E-state index is 5.46. The number of hydrogen-bond acceptors (Lipinski definition) is 4. The van der Waals surface area contributed by atoms with Gasteiger partial charge in [-0.1, -0.05) is 0 Å². The highest BCUT2D eigenvalue weighted by molar-refractivity contribution is 5.57. The first kappa shape index (κ1) is 9.67. The maximum Gasteiger partial charge on any atom is 0.212 e. The van der Waals surface area contributed by atoms with Crippen molar-refractivity contribution in [3.05, 3.63) is 30.4 Å². The van der Waals surface area contributed by atoms with Crippen LogP contribution in [0, 0.1) is 0 Å². The number of rotatable bonds is 3. The quantitative estimate of drug-likeness (QED) is 0.780. The number of H-pyrrole nitrogens is 1. The molecule has 0 aromatic carbocycles. The molecule has 3 N–H and O–H groups in total. The molecule has 0 bridgehead atoms. The minimum atomic E-state index is 0.406. The number of methoxy groups -OCH3 is 1. The molecule has 0 spiro atoms. The summed E-state index contributed by atoms with van der Waals surface area (Å²) in [5.74, 6) is 1.36. The number of aromatic amines is 1. The van der Waals surface area contributed by atoms with Gasteiger partial charge in [-0.25, -0.2) is 9.97 Å². The lowest BCUT2D eigenvalue weighted by Crippen LogP contribution is -1.97. The molecular formula is C10H12N4O. The second-order valence-electron chi connectivity index (χ2n) is 3.04. The van der Waals surface area contributed by atoms with Crippen molar-refractivity contribution >= 4 is 0 Å². The Labute approximate surface area is 87.3 Å². The SMILES string of the molecule is COc1ccc(-c2cnc(CN)[nH]2)cn1. The third-order valence-corrected chi connectivity index (χ3v) is 2.08. The van der Waals surface area contributed by atoms with E-state index in [-0.39, 0.29) is 0 Å². The Morgan fingerprint density at radius 1 is 1.33 bits per heavy atom. The van der Waals surface area contributed by atoms with E-state index in [2.05, 4.69) is 15.0 Å². The molecule has 0 aliphatic carbocycles. The first-order chi connectivity index (χ1) is 7.33. The van der Waals surface area contributed by atoms with Gasteiger partial charge in [0.1, 0.15) is 5.82 Å². The molecule has 15 heavy (non-hydrogen) atoms. The Morgan fingerprint density at radius 3 is 2.73 bits per heavy atom. The third-order valence-electron chi connectivity index (χ3n) is 2.08. The summed E-state index contributed by atoms with van der Waals surface area (Å²) in [4.78, 5) is 11.3. The predicted molar refractivity (Wildman–Crippen MR) is 56.3 cm³/mol. The monoisotopic (exact) mass is 204 g/mol. The molecule has 0 atom stereocenters. The van der Waals surface area contributed by atoms with Crippen molar-refractivity contribution in [2.75, 3.05) is 7.11 Å². The van der Waals surface area contributed by atoms with E-state index in [1.54, 1.807) is 25.6 Å². The Bertz CT molecular complexity index is 435. The molecule has 2 aromatic heterocycles. The summed E-state index contributed by atoms with van der Waals surface area (Å²) in [5.41, 5.74) is 7.33. The molecule has 2 heterocycles. The summed E-state index contributed by atoms with van der Waals surface area (Å²) in [7, 11) is 1.59. The molecule has 0 radical (unpaired) electrons. The molecule has 5 heteroatoms. The average molecular weight is 204 g/mol. The lowest BCUT2D eigenvalue weighted by molar-refractivity contribution is 0.398. The molecule has 0 saturated heterocycles. The lowest BCUT2D eigenvalue weighted by Gasteiger charge is -1.99. The van der Waals surface area contributed by atoms with Gasteiger partial charge in [0.05, 0.1) is 25.5 Å². The van der Waals surface area contributed by atoms with Crippen molar-refractivity contribution < 1.29 is 4.74 Å². The predicted octanol–water partition coefficient (Wildman–Crippen LogP) is 0.939. The van der Waals surface area contributed by atoms with E-state index >= 15 is 0 Å². The van der Waals surface area contributed by atoms with Gasteiger partial charge in [0.15, 0.2) is 0 Å². The van der Waals surface area contributed by atoms with Crippen molar-refractivity contribution in [1.29, 1.82) is 0 Å². The number of aromatic nitrogens is 3. The van der Waals surface area contributed by atoms with Gasteiger partial charge in [0, 0.05) is 17.8 Å². The number of hydrogen-bond donors (Lipinski definition) is 2. The number of nitrogens with two attached hydrogens (primary N) is 1. The zero-order valence-corrected chi connectivity index (χ0v) is 8.40. The molecule has 0 unspecified atom stereocenters. The van der Waals surface area contributed by atoms with Crippen molar-refractivity contribution in [1.82, 2.24) is 15.0 Å². The highest BCUT2D eigenvalue weighted by Crippen LogP contribution is 2.17. The largest absolute Gasteiger partial charge is 0.481 e. The van der Waals surface area contributed by atoms with Gasteiger partial charge in [-0.05, 0) is 6.07 Å². The fraction of sp³-hybridized carbons (Fsp3) is 0.200. The van der Waals surface area contributed by atoms with Crippen LogP contribution in [0.25, 0.3) is 11.3 Å². The Hall–Kier alpha value is -1.88. The van der Waals surface area contributed by atoms with E-state index in [9.17, 15) is 0 Å². The summed E-state index contributed by atoms with van der Waals surface area (Å²) >= 11 is 0. The number of nitrogens with one attached hydrogen (secondary N) is 1. The molecule has 2 aromatic rings. The minimum Gasteiger partial charge on any atom is -0.481 e. The summed E-state index contributed by atoms with van der Waals surface area (Å²) in [5, 5.41) is 0. The fourth-order valence-electron chi connectivity index (χ4n) is 1.27. The van der Waals surface area contributed by atoms with Crippen molar-refractivity contribution in [3.63, 3.8) is 0 Å². The molecule has 0 saturated carbocycles. The molecule has 2 rings (SSSR count). The van der Waals surface area contributed by atoms with Gasteiger partial charge in [-0.15, -0.1) is 0 Å². The standard InChI is InChI=1S/C10H12N4O/c1-15-10-3-2-7(5-13-10)8-6-12-9(4-11)14-8/h2-3,5-6H,4,11H2,1H3,(H,12,14). The smallest absolute Gasteiger partial charge is 0.212 e. The Morgan fingerprint density at radius 2 is 2.20 bits per heavy atom. The van der Waals surface area contributed by atoms with Crippen LogP contribution in [0.2, 0.25) is 0 Å². The molecular weight excluding hydrogens is 192 g/mol. The molecule has 0 aliphatic heterocycles. The fourth-order valence-corrected chi connectivity index (χ4v) is 1.27. The second-order valence-corrected chi connectivity index (χ2v) is 3.04. The van der Waals surface area contributed by atoms with Crippen molar-refractivity contribution in [2.24, 2.45) is 5.73 Å². The van der Waals surface area contributed by atoms with Crippen LogP contribution in [-0.4, -0.2) is 22.1 Å². The average Bonchev–Trinajstić information content (AvgIpc) is 2.78. The molecule has 0 fully saturated rings. The summed E-state index contributed by atoms with van der Waals surface area (Å²) in [6, 6.07) is 3.72. The summed E-state index contributed by atoms with van der Waals surface area (Å²) in [6.07, 6.45) is 3.47. The van der Waals surface area contributed by atoms with E-state index in [0.717, 1.165) is 17.1 Å². The maximum atomic E-state index is 5.46. The van der Waals surface area contributed by atoms with Crippen molar-refractivity contribution in [2.45, 2.75) is 6.54 Å². The van der Waals surface area contributed by atoms with Gasteiger partial charge in [-0.3, -0.25) is 0 Å². The molecule has 5 nitrogen and oxygen atoms in total. The van der Waals surface area contributed by atoms with Crippen LogP contribution in [0.4, 0.5) is 0 Å². The van der Waals surface area contributed by atoms with E-state index in [1.165, 1.54) is 0 Å². The highest BCUT2D eigenvalue weighted by atomic mass is 16.5. The van der Waals surface area contributed by atoms with Gasteiger partial charge < -0.3 is 15.5 Å². The normalized spacial score (nSPS) is 10.3. The van der Waals surface area contributed by atoms with Gasteiger partial charge in [0.25, 0.3) is 0 Å². The number of imidazole rings is 1. The van der Waals surface area contributed by atoms with Crippen LogP contribution in [0.1, 0.15) is 5.82 Å². The number of nitrogens with zero attached hydrogens (tertiary/aromatic N) is 2. The van der Waals surface area contributed by atoms with Crippen LogP contribution in [0.15, 0.2) is 24.5 Å². The van der Waals surface area contributed by atoms with Crippen molar-refractivity contribution in [3.8, 4) is 17.1 Å². The zero-order valence-electron chi connectivity index (χ0n) is 8.40. The lowest BCUT2D eigenvalue weighted by atomic mass is 10.2. The zero-order chi connectivity index (χ0) is 10.7. The van der Waals surface area contributed by atoms with Crippen LogP contribution < -0.4 is 10.5 Å². The molecule has 78 valence electrons.